The van der Waals surface area contributed by atoms with Crippen molar-refractivity contribution in [2.45, 2.75) is 31.8 Å². The maximum absolute atomic E-state index is 11.0. The first-order valence-corrected chi connectivity index (χ1v) is 4.22. The molecule has 0 amide bonds. The lowest BCUT2D eigenvalue weighted by atomic mass is 10.00. The molecule has 68 valence electrons. The Balaban J connectivity index is 2.39. The molecule has 3 nitrogen and oxygen atoms in total. The number of carbonyl (C=O) groups is 1. The van der Waals surface area contributed by atoms with E-state index in [0.29, 0.717) is 13.0 Å². The van der Waals surface area contributed by atoms with E-state index in [9.17, 15) is 9.90 Å². The van der Waals surface area contributed by atoms with Crippen LogP contribution in [0.4, 0.5) is 0 Å². The third-order valence-corrected chi connectivity index (χ3v) is 1.93. The van der Waals surface area contributed by atoms with Crippen LogP contribution in [0.5, 0.6) is 0 Å². The Bertz CT molecular complexity index is 198. The molecule has 0 aromatic rings. The van der Waals surface area contributed by atoms with Crippen molar-refractivity contribution in [1.82, 2.24) is 0 Å². The summed E-state index contributed by atoms with van der Waals surface area (Å²) < 4.78 is 4.74. The minimum Gasteiger partial charge on any atom is -0.466 e. The van der Waals surface area contributed by atoms with Gasteiger partial charge >= 0.3 is 5.97 Å². The molecule has 0 saturated carbocycles. The van der Waals surface area contributed by atoms with Crippen LogP contribution in [0.15, 0.2) is 12.2 Å². The molecule has 1 atom stereocenters. The summed E-state index contributed by atoms with van der Waals surface area (Å²) in [4.78, 5) is 11.0. The fourth-order valence-corrected chi connectivity index (χ4v) is 1.33. The number of rotatable bonds is 3. The van der Waals surface area contributed by atoms with E-state index in [4.69, 9.17) is 4.74 Å². The van der Waals surface area contributed by atoms with Crippen molar-refractivity contribution in [2.75, 3.05) is 6.61 Å². The number of hydrogen-bond donors (Lipinski definition) is 1. The number of ether oxygens (including phenoxy) is 1. The van der Waals surface area contributed by atoms with Crippen LogP contribution in [-0.4, -0.2) is 23.3 Å². The molecular weight excluding hydrogens is 156 g/mol. The predicted octanol–water partition coefficient (Wildman–Crippen LogP) is 1.02. The maximum Gasteiger partial charge on any atom is 0.309 e. The molecule has 0 aromatic carbocycles. The number of allylic oxidation sites excluding steroid dienone is 1. The first-order chi connectivity index (χ1) is 5.66. The second kappa shape index (κ2) is 3.72. The Morgan fingerprint density at radius 2 is 2.50 bits per heavy atom. The predicted molar refractivity (Wildman–Crippen MR) is 44.6 cm³/mol. The summed E-state index contributed by atoms with van der Waals surface area (Å²) in [5.74, 6) is -0.327. The zero-order valence-corrected chi connectivity index (χ0v) is 7.25. The minimum atomic E-state index is -0.938. The van der Waals surface area contributed by atoms with Gasteiger partial charge in [0.2, 0.25) is 0 Å². The molecule has 0 aromatic heterocycles. The van der Waals surface area contributed by atoms with E-state index in [2.05, 4.69) is 0 Å². The molecule has 1 rings (SSSR count). The van der Waals surface area contributed by atoms with Crippen molar-refractivity contribution in [3.8, 4) is 0 Å². The first kappa shape index (κ1) is 9.26. The van der Waals surface area contributed by atoms with Gasteiger partial charge in [0.15, 0.2) is 0 Å². The first-order valence-electron chi connectivity index (χ1n) is 4.22. The molecule has 0 spiro atoms. The summed E-state index contributed by atoms with van der Waals surface area (Å²) in [5.41, 5.74) is -0.938. The Morgan fingerprint density at radius 1 is 1.75 bits per heavy atom. The normalized spacial score (nSPS) is 27.5. The van der Waals surface area contributed by atoms with Crippen molar-refractivity contribution in [3.05, 3.63) is 12.2 Å². The highest BCUT2D eigenvalue weighted by molar-refractivity contribution is 5.71. The van der Waals surface area contributed by atoms with E-state index >= 15 is 0 Å². The molecule has 0 fully saturated rings. The largest absolute Gasteiger partial charge is 0.466 e. The molecule has 0 radical (unpaired) electrons. The van der Waals surface area contributed by atoms with Crippen LogP contribution in [0.3, 0.4) is 0 Å². The smallest absolute Gasteiger partial charge is 0.309 e. The van der Waals surface area contributed by atoms with Crippen LogP contribution in [-0.2, 0) is 9.53 Å². The standard InChI is InChI=1S/C9H14O3/c1-2-12-8(10)7-9(11)5-3-4-6-9/h3,5,11H,2,4,6-7H2,1H3. The van der Waals surface area contributed by atoms with Crippen LogP contribution in [0.25, 0.3) is 0 Å². The average molecular weight is 170 g/mol. The van der Waals surface area contributed by atoms with Gasteiger partial charge in [-0.25, -0.2) is 0 Å². The van der Waals surface area contributed by atoms with Gasteiger partial charge in [-0.1, -0.05) is 12.2 Å². The van der Waals surface area contributed by atoms with E-state index in [-0.39, 0.29) is 12.4 Å². The zero-order chi connectivity index (χ0) is 9.03. The molecule has 1 unspecified atom stereocenters. The summed E-state index contributed by atoms with van der Waals surface area (Å²) in [6.45, 7) is 2.13. The Kier molecular flexibility index (Phi) is 2.87. The van der Waals surface area contributed by atoms with Crippen molar-refractivity contribution >= 4 is 5.97 Å². The molecule has 1 aliphatic rings. The van der Waals surface area contributed by atoms with Crippen LogP contribution in [0.2, 0.25) is 0 Å². The monoisotopic (exact) mass is 170 g/mol. The molecule has 0 heterocycles. The number of aliphatic hydroxyl groups is 1. The van der Waals surface area contributed by atoms with E-state index in [0.717, 1.165) is 6.42 Å². The molecule has 0 aliphatic heterocycles. The van der Waals surface area contributed by atoms with Gasteiger partial charge in [-0.05, 0) is 19.8 Å². The van der Waals surface area contributed by atoms with Crippen LogP contribution in [0.1, 0.15) is 26.2 Å². The molecule has 0 bridgehead atoms. The summed E-state index contributed by atoms with van der Waals surface area (Å²) in [6.07, 6.45) is 5.13. The highest BCUT2D eigenvalue weighted by atomic mass is 16.5. The fourth-order valence-electron chi connectivity index (χ4n) is 1.33. The fraction of sp³-hybridized carbons (Fsp3) is 0.667. The number of carbonyl (C=O) groups excluding carboxylic acids is 1. The molecule has 0 saturated heterocycles. The molecule has 12 heavy (non-hydrogen) atoms. The third kappa shape index (κ3) is 2.34. The molecule has 3 heteroatoms. The van der Waals surface area contributed by atoms with E-state index < -0.39 is 5.60 Å². The summed E-state index contributed by atoms with van der Waals surface area (Å²) >= 11 is 0. The van der Waals surface area contributed by atoms with Gasteiger partial charge in [-0.2, -0.15) is 0 Å². The Hall–Kier alpha value is -0.830. The number of hydrogen-bond acceptors (Lipinski definition) is 3. The summed E-state index contributed by atoms with van der Waals surface area (Å²) in [7, 11) is 0. The lowest BCUT2D eigenvalue weighted by molar-refractivity contribution is -0.147. The van der Waals surface area contributed by atoms with Crippen molar-refractivity contribution in [1.29, 1.82) is 0 Å². The molecule has 1 N–H and O–H groups in total. The topological polar surface area (TPSA) is 46.5 Å². The minimum absolute atomic E-state index is 0.0807. The van der Waals surface area contributed by atoms with Crippen molar-refractivity contribution < 1.29 is 14.6 Å². The second-order valence-corrected chi connectivity index (χ2v) is 3.03. The third-order valence-electron chi connectivity index (χ3n) is 1.93. The maximum atomic E-state index is 11.0. The molecule has 1 aliphatic carbocycles. The van der Waals surface area contributed by atoms with E-state index in [1.54, 1.807) is 13.0 Å². The lowest BCUT2D eigenvalue weighted by Gasteiger charge is -2.18. The van der Waals surface area contributed by atoms with Crippen molar-refractivity contribution in [3.63, 3.8) is 0 Å². The van der Waals surface area contributed by atoms with Crippen LogP contribution >= 0.6 is 0 Å². The SMILES string of the molecule is CCOC(=O)CC1(O)C=CCC1. The van der Waals surface area contributed by atoms with Gasteiger partial charge < -0.3 is 9.84 Å². The lowest BCUT2D eigenvalue weighted by Crippen LogP contribution is -2.27. The van der Waals surface area contributed by atoms with Crippen molar-refractivity contribution in [2.24, 2.45) is 0 Å². The quantitative estimate of drug-likeness (QED) is 0.508. The average Bonchev–Trinajstić information content (AvgIpc) is 2.36. The zero-order valence-electron chi connectivity index (χ0n) is 7.25. The molecular formula is C9H14O3. The van der Waals surface area contributed by atoms with Gasteiger partial charge in [0.05, 0.1) is 18.6 Å². The summed E-state index contributed by atoms with van der Waals surface area (Å²) in [6, 6.07) is 0. The van der Waals surface area contributed by atoms with Gasteiger partial charge in [0, 0.05) is 0 Å². The van der Waals surface area contributed by atoms with Crippen LogP contribution < -0.4 is 0 Å². The number of esters is 1. The van der Waals surface area contributed by atoms with Crippen LogP contribution in [0, 0.1) is 0 Å². The van der Waals surface area contributed by atoms with E-state index in [1.807, 2.05) is 6.08 Å². The van der Waals surface area contributed by atoms with Gasteiger partial charge in [0.1, 0.15) is 0 Å². The summed E-state index contributed by atoms with van der Waals surface area (Å²) in [5, 5.41) is 9.70. The Morgan fingerprint density at radius 3 is 3.00 bits per heavy atom. The van der Waals surface area contributed by atoms with Gasteiger partial charge in [-0.3, -0.25) is 4.79 Å². The highest BCUT2D eigenvalue weighted by Gasteiger charge is 2.29. The Labute approximate surface area is 72.0 Å². The second-order valence-electron chi connectivity index (χ2n) is 3.03. The van der Waals surface area contributed by atoms with E-state index in [1.165, 1.54) is 0 Å². The van der Waals surface area contributed by atoms with Gasteiger partial charge in [0.25, 0.3) is 0 Å². The highest BCUT2D eigenvalue weighted by Crippen LogP contribution is 2.25. The van der Waals surface area contributed by atoms with Gasteiger partial charge in [-0.15, -0.1) is 0 Å².